The van der Waals surface area contributed by atoms with E-state index in [2.05, 4.69) is 24.1 Å². The van der Waals surface area contributed by atoms with Crippen molar-refractivity contribution in [3.63, 3.8) is 0 Å². The maximum atomic E-state index is 13.1. The van der Waals surface area contributed by atoms with Crippen LogP contribution in [0.1, 0.15) is 25.8 Å². The van der Waals surface area contributed by atoms with Gasteiger partial charge in [-0.25, -0.2) is 8.78 Å². The van der Waals surface area contributed by atoms with E-state index in [9.17, 15) is 8.78 Å². The van der Waals surface area contributed by atoms with Crippen LogP contribution < -0.4 is 5.32 Å². The van der Waals surface area contributed by atoms with Crippen LogP contribution in [0.2, 0.25) is 0 Å². The lowest BCUT2D eigenvalue weighted by Crippen LogP contribution is -2.33. The van der Waals surface area contributed by atoms with Crippen molar-refractivity contribution < 1.29 is 8.78 Å². The average molecular weight is 270 g/mol. The van der Waals surface area contributed by atoms with Gasteiger partial charge in [0.1, 0.15) is 11.6 Å². The van der Waals surface area contributed by atoms with Gasteiger partial charge in [-0.1, -0.05) is 13.8 Å². The first-order valence-corrected chi connectivity index (χ1v) is 6.93. The second kappa shape index (κ2) is 8.23. The summed E-state index contributed by atoms with van der Waals surface area (Å²) in [7, 11) is 1.89. The molecule has 0 aliphatic heterocycles. The van der Waals surface area contributed by atoms with Gasteiger partial charge in [-0.3, -0.25) is 0 Å². The van der Waals surface area contributed by atoms with Crippen LogP contribution in [0.3, 0.4) is 0 Å². The van der Waals surface area contributed by atoms with Gasteiger partial charge in [0.15, 0.2) is 0 Å². The molecule has 2 nitrogen and oxygen atoms in total. The fraction of sp³-hybridized carbons (Fsp3) is 0.600. The first-order valence-electron chi connectivity index (χ1n) is 6.93. The van der Waals surface area contributed by atoms with Gasteiger partial charge in [-0.15, -0.1) is 0 Å². The van der Waals surface area contributed by atoms with Crippen LogP contribution in [0, 0.1) is 11.6 Å². The molecule has 0 aromatic heterocycles. The second-order valence-corrected chi connectivity index (χ2v) is 4.78. The minimum absolute atomic E-state index is 0.238. The molecule has 0 aliphatic carbocycles. The molecule has 0 amide bonds. The predicted molar refractivity (Wildman–Crippen MR) is 75.3 cm³/mol. The molecule has 1 N–H and O–H groups in total. The third-order valence-electron chi connectivity index (χ3n) is 3.50. The van der Waals surface area contributed by atoms with Crippen molar-refractivity contribution in [2.75, 3.05) is 26.7 Å². The monoisotopic (exact) mass is 270 g/mol. The van der Waals surface area contributed by atoms with Crippen LogP contribution >= 0.6 is 0 Å². The second-order valence-electron chi connectivity index (χ2n) is 4.78. The molecule has 1 aromatic rings. The molecule has 0 saturated heterocycles. The summed E-state index contributed by atoms with van der Waals surface area (Å²) in [4.78, 5) is 2.34. The molecule has 4 heteroatoms. The number of nitrogens with one attached hydrogen (secondary N) is 1. The van der Waals surface area contributed by atoms with Crippen molar-refractivity contribution in [2.45, 2.75) is 32.7 Å². The van der Waals surface area contributed by atoms with Crippen LogP contribution in [-0.2, 0) is 6.42 Å². The highest BCUT2D eigenvalue weighted by molar-refractivity contribution is 5.18. The molecule has 0 fully saturated rings. The highest BCUT2D eigenvalue weighted by Gasteiger charge is 2.11. The molecule has 108 valence electrons. The predicted octanol–water partition coefficient (Wildman–Crippen LogP) is 2.83. The number of rotatable bonds is 8. The van der Waals surface area contributed by atoms with Crippen molar-refractivity contribution in [1.29, 1.82) is 0 Å². The van der Waals surface area contributed by atoms with E-state index in [1.165, 1.54) is 12.1 Å². The Morgan fingerprint density at radius 3 is 2.16 bits per heavy atom. The van der Waals surface area contributed by atoms with Crippen molar-refractivity contribution in [3.05, 3.63) is 35.4 Å². The summed E-state index contributed by atoms with van der Waals surface area (Å²) in [5, 5.41) is 3.22. The van der Waals surface area contributed by atoms with Crippen molar-refractivity contribution in [2.24, 2.45) is 0 Å². The van der Waals surface area contributed by atoms with Gasteiger partial charge in [0, 0.05) is 12.1 Å². The van der Waals surface area contributed by atoms with Crippen LogP contribution in [0.25, 0.3) is 0 Å². The molecular formula is C15H24F2N2. The van der Waals surface area contributed by atoms with Crippen molar-refractivity contribution in [3.8, 4) is 0 Å². The van der Waals surface area contributed by atoms with Gasteiger partial charge in [-0.2, -0.15) is 0 Å². The highest BCUT2D eigenvalue weighted by atomic mass is 19.1. The number of nitrogens with zero attached hydrogens (tertiary/aromatic N) is 1. The summed E-state index contributed by atoms with van der Waals surface area (Å²) in [6, 6.07) is 3.96. The van der Waals surface area contributed by atoms with E-state index < -0.39 is 11.6 Å². The van der Waals surface area contributed by atoms with E-state index >= 15 is 0 Å². The first kappa shape index (κ1) is 16.1. The molecule has 0 saturated carbocycles. The van der Waals surface area contributed by atoms with E-state index in [4.69, 9.17) is 0 Å². The molecule has 1 rings (SSSR count). The Labute approximate surface area is 114 Å². The Bertz CT molecular complexity index is 358. The van der Waals surface area contributed by atoms with Gasteiger partial charge in [0.2, 0.25) is 0 Å². The smallest absolute Gasteiger partial charge is 0.126 e. The number of benzene rings is 1. The summed E-state index contributed by atoms with van der Waals surface area (Å²) < 4.78 is 26.3. The SMILES string of the molecule is CCN(CC)CCC(Cc1cc(F)cc(F)c1)NC. The number of hydrogen-bond donors (Lipinski definition) is 1. The molecule has 1 aromatic carbocycles. The topological polar surface area (TPSA) is 15.3 Å². The molecule has 0 bridgehead atoms. The van der Waals surface area contributed by atoms with Crippen molar-refractivity contribution in [1.82, 2.24) is 10.2 Å². The lowest BCUT2D eigenvalue weighted by Gasteiger charge is -2.22. The Kier molecular flexibility index (Phi) is 6.95. The third kappa shape index (κ3) is 5.66. The first-order chi connectivity index (χ1) is 9.08. The molecule has 0 aliphatic rings. The van der Waals surface area contributed by atoms with Gasteiger partial charge < -0.3 is 10.2 Å². The standard InChI is InChI=1S/C15H24F2N2/c1-4-19(5-2)7-6-15(18-3)10-12-8-13(16)11-14(17)9-12/h8-9,11,15,18H,4-7,10H2,1-3H3. The zero-order valence-corrected chi connectivity index (χ0v) is 12.0. The largest absolute Gasteiger partial charge is 0.317 e. The summed E-state index contributed by atoms with van der Waals surface area (Å²) in [5.41, 5.74) is 0.705. The Morgan fingerprint density at radius 1 is 1.11 bits per heavy atom. The summed E-state index contributed by atoms with van der Waals surface area (Å²) in [6.45, 7) is 7.33. The Morgan fingerprint density at radius 2 is 1.68 bits per heavy atom. The highest BCUT2D eigenvalue weighted by Crippen LogP contribution is 2.11. The molecule has 0 spiro atoms. The van der Waals surface area contributed by atoms with E-state index in [0.717, 1.165) is 32.1 Å². The summed E-state index contributed by atoms with van der Waals surface area (Å²) in [5.74, 6) is -1.01. The lowest BCUT2D eigenvalue weighted by atomic mass is 10.0. The van der Waals surface area contributed by atoms with Crippen LogP contribution in [-0.4, -0.2) is 37.6 Å². The third-order valence-corrected chi connectivity index (χ3v) is 3.50. The fourth-order valence-corrected chi connectivity index (χ4v) is 2.24. The minimum Gasteiger partial charge on any atom is -0.317 e. The maximum absolute atomic E-state index is 13.1. The Balaban J connectivity index is 2.56. The zero-order chi connectivity index (χ0) is 14.3. The molecule has 1 unspecified atom stereocenters. The van der Waals surface area contributed by atoms with Crippen LogP contribution in [0.5, 0.6) is 0 Å². The Hall–Kier alpha value is -1.00. The molecule has 1 atom stereocenters. The van der Waals surface area contributed by atoms with E-state index in [0.29, 0.717) is 12.0 Å². The molecule has 0 radical (unpaired) electrons. The van der Waals surface area contributed by atoms with Gasteiger partial charge in [-0.05, 0) is 57.2 Å². The summed E-state index contributed by atoms with van der Waals surface area (Å²) >= 11 is 0. The fourth-order valence-electron chi connectivity index (χ4n) is 2.24. The number of likely N-dealkylation sites (N-methyl/N-ethyl adjacent to an activating group) is 1. The van der Waals surface area contributed by atoms with E-state index in [1.807, 2.05) is 7.05 Å². The lowest BCUT2D eigenvalue weighted by molar-refractivity contribution is 0.283. The normalized spacial score (nSPS) is 12.9. The summed E-state index contributed by atoms with van der Waals surface area (Å²) in [6.07, 6.45) is 1.61. The van der Waals surface area contributed by atoms with Gasteiger partial charge in [0.05, 0.1) is 0 Å². The number of halogens is 2. The molecule has 19 heavy (non-hydrogen) atoms. The van der Waals surface area contributed by atoms with Gasteiger partial charge in [0.25, 0.3) is 0 Å². The maximum Gasteiger partial charge on any atom is 0.126 e. The minimum atomic E-state index is -0.506. The van der Waals surface area contributed by atoms with Crippen molar-refractivity contribution >= 4 is 0 Å². The average Bonchev–Trinajstić information content (AvgIpc) is 2.37. The van der Waals surface area contributed by atoms with E-state index in [1.54, 1.807) is 0 Å². The number of hydrogen-bond acceptors (Lipinski definition) is 2. The van der Waals surface area contributed by atoms with Gasteiger partial charge >= 0.3 is 0 Å². The zero-order valence-electron chi connectivity index (χ0n) is 12.0. The van der Waals surface area contributed by atoms with Crippen LogP contribution in [0.15, 0.2) is 18.2 Å². The van der Waals surface area contributed by atoms with Crippen LogP contribution in [0.4, 0.5) is 8.78 Å². The quantitative estimate of drug-likeness (QED) is 0.781. The molecular weight excluding hydrogens is 246 g/mol. The van der Waals surface area contributed by atoms with E-state index in [-0.39, 0.29) is 6.04 Å². The molecule has 0 heterocycles.